The minimum Gasteiger partial charge on any atom is -0.356 e. The number of nitrogens with one attached hydrogen (secondary N) is 2. The van der Waals surface area contributed by atoms with E-state index in [-0.39, 0.29) is 29.2 Å². The first-order valence-corrected chi connectivity index (χ1v) is 10.3. The number of hydrogen-bond acceptors (Lipinski definition) is 4. The van der Waals surface area contributed by atoms with Gasteiger partial charge in [0.1, 0.15) is 0 Å². The molecule has 2 rings (SSSR count). The summed E-state index contributed by atoms with van der Waals surface area (Å²) in [6.45, 7) is 6.62. The number of benzene rings is 1. The molecule has 7 nitrogen and oxygen atoms in total. The molecule has 0 radical (unpaired) electrons. The molecule has 1 saturated heterocycles. The van der Waals surface area contributed by atoms with E-state index in [1.807, 2.05) is 13.8 Å². The normalized spacial score (nSPS) is 18.5. The number of nitrogens with zero attached hydrogens (tertiary/aromatic N) is 1. The maximum atomic E-state index is 12.9. The lowest BCUT2D eigenvalue weighted by atomic mass is 9.98. The van der Waals surface area contributed by atoms with Crippen molar-refractivity contribution < 1.29 is 18.0 Å². The van der Waals surface area contributed by atoms with Gasteiger partial charge in [-0.25, -0.2) is 8.42 Å². The molecular weight excluding hydrogens is 354 g/mol. The summed E-state index contributed by atoms with van der Waals surface area (Å²) in [6, 6.07) is 6.07. The van der Waals surface area contributed by atoms with Crippen LogP contribution in [-0.2, 0) is 19.6 Å². The van der Waals surface area contributed by atoms with Crippen LogP contribution in [0.3, 0.4) is 0 Å². The van der Waals surface area contributed by atoms with Gasteiger partial charge < -0.3 is 10.6 Å². The molecule has 0 aromatic heterocycles. The summed E-state index contributed by atoms with van der Waals surface area (Å²) in [5, 5.41) is 5.50. The van der Waals surface area contributed by atoms with Crippen molar-refractivity contribution >= 4 is 27.5 Å². The first-order valence-electron chi connectivity index (χ1n) is 8.85. The van der Waals surface area contributed by atoms with E-state index in [2.05, 4.69) is 10.6 Å². The molecular formula is C18H27N3O4S. The van der Waals surface area contributed by atoms with Crippen LogP contribution < -0.4 is 10.6 Å². The largest absolute Gasteiger partial charge is 0.356 e. The molecule has 1 aliphatic heterocycles. The fraction of sp³-hybridized carbons (Fsp3) is 0.556. The van der Waals surface area contributed by atoms with E-state index in [4.69, 9.17) is 0 Å². The van der Waals surface area contributed by atoms with Crippen LogP contribution in [0.2, 0.25) is 0 Å². The van der Waals surface area contributed by atoms with Gasteiger partial charge in [-0.05, 0) is 43.0 Å². The third kappa shape index (κ3) is 5.28. The van der Waals surface area contributed by atoms with Crippen LogP contribution in [0.1, 0.15) is 33.6 Å². The number of rotatable bonds is 6. The summed E-state index contributed by atoms with van der Waals surface area (Å²) in [5.41, 5.74) is 0.543. The second kappa shape index (κ2) is 8.64. The van der Waals surface area contributed by atoms with Gasteiger partial charge in [-0.3, -0.25) is 9.59 Å². The topological polar surface area (TPSA) is 95.6 Å². The third-order valence-electron chi connectivity index (χ3n) is 4.25. The molecule has 1 aliphatic rings. The van der Waals surface area contributed by atoms with Crippen LogP contribution in [0.15, 0.2) is 29.2 Å². The zero-order valence-electron chi connectivity index (χ0n) is 15.5. The lowest BCUT2D eigenvalue weighted by molar-refractivity contribution is -0.126. The highest BCUT2D eigenvalue weighted by atomic mass is 32.2. The van der Waals surface area contributed by atoms with Crippen molar-refractivity contribution in [3.8, 4) is 0 Å². The quantitative estimate of drug-likeness (QED) is 0.786. The average Bonchev–Trinajstić information content (AvgIpc) is 2.59. The Kier molecular flexibility index (Phi) is 6.77. The van der Waals surface area contributed by atoms with Crippen molar-refractivity contribution in [3.05, 3.63) is 24.3 Å². The molecule has 2 N–H and O–H groups in total. The smallest absolute Gasteiger partial charge is 0.243 e. The van der Waals surface area contributed by atoms with Gasteiger partial charge in [0.25, 0.3) is 0 Å². The van der Waals surface area contributed by atoms with Crippen LogP contribution in [0.4, 0.5) is 5.69 Å². The van der Waals surface area contributed by atoms with Crippen LogP contribution in [0, 0.1) is 11.8 Å². The van der Waals surface area contributed by atoms with Crippen molar-refractivity contribution in [3.63, 3.8) is 0 Å². The standard InChI is InChI=1S/C18H27N3O4S/c1-13(2)11-19-18(23)15-5-4-10-21(12-15)26(24,25)17-8-6-16(7-9-17)20-14(3)22/h6-9,13,15H,4-5,10-12H2,1-3H3,(H,19,23)(H,20,22). The number of amides is 2. The average molecular weight is 381 g/mol. The van der Waals surface area contributed by atoms with Gasteiger partial charge in [-0.1, -0.05) is 13.8 Å². The number of anilines is 1. The minimum absolute atomic E-state index is 0.0837. The first-order chi connectivity index (χ1) is 12.2. The Balaban J connectivity index is 2.08. The molecule has 0 saturated carbocycles. The van der Waals surface area contributed by atoms with Crippen LogP contribution in [-0.4, -0.2) is 44.2 Å². The predicted octanol–water partition coefficient (Wildman–Crippen LogP) is 1.82. The van der Waals surface area contributed by atoms with Gasteiger partial charge in [0, 0.05) is 32.2 Å². The van der Waals surface area contributed by atoms with E-state index in [0.717, 1.165) is 0 Å². The monoisotopic (exact) mass is 381 g/mol. The maximum Gasteiger partial charge on any atom is 0.243 e. The zero-order chi connectivity index (χ0) is 19.3. The Morgan fingerprint density at radius 1 is 1.23 bits per heavy atom. The van der Waals surface area contributed by atoms with E-state index in [0.29, 0.717) is 37.5 Å². The summed E-state index contributed by atoms with van der Waals surface area (Å²) in [6.07, 6.45) is 1.35. The van der Waals surface area contributed by atoms with Gasteiger partial charge in [-0.15, -0.1) is 0 Å². The number of hydrogen-bond donors (Lipinski definition) is 2. The summed E-state index contributed by atoms with van der Waals surface area (Å²) in [7, 11) is -3.66. The number of piperidine rings is 1. The first kappa shape index (κ1) is 20.4. The van der Waals surface area contributed by atoms with Gasteiger partial charge in [0.05, 0.1) is 10.8 Å². The third-order valence-corrected chi connectivity index (χ3v) is 6.13. The van der Waals surface area contributed by atoms with Crippen LogP contribution in [0.25, 0.3) is 0 Å². The molecule has 2 amide bonds. The van der Waals surface area contributed by atoms with Gasteiger partial charge in [0.2, 0.25) is 21.8 Å². The highest BCUT2D eigenvalue weighted by Crippen LogP contribution is 2.25. The molecule has 8 heteroatoms. The fourth-order valence-electron chi connectivity index (χ4n) is 2.89. The van der Waals surface area contributed by atoms with Crippen molar-refractivity contribution in [1.82, 2.24) is 9.62 Å². The van der Waals surface area contributed by atoms with Gasteiger partial charge >= 0.3 is 0 Å². The predicted molar refractivity (Wildman–Crippen MR) is 100 cm³/mol. The van der Waals surface area contributed by atoms with Crippen molar-refractivity contribution in [2.75, 3.05) is 25.0 Å². The molecule has 1 atom stereocenters. The SMILES string of the molecule is CC(=O)Nc1ccc(S(=O)(=O)N2CCCC(C(=O)NCC(C)C)C2)cc1. The van der Waals surface area contributed by atoms with Crippen molar-refractivity contribution in [2.24, 2.45) is 11.8 Å². The molecule has 0 spiro atoms. The minimum atomic E-state index is -3.66. The lowest BCUT2D eigenvalue weighted by Crippen LogP contribution is -2.45. The molecule has 1 fully saturated rings. The Hall–Kier alpha value is -1.93. The molecule has 1 unspecified atom stereocenters. The molecule has 1 heterocycles. The van der Waals surface area contributed by atoms with Crippen LogP contribution >= 0.6 is 0 Å². The number of sulfonamides is 1. The Morgan fingerprint density at radius 2 is 1.88 bits per heavy atom. The van der Waals surface area contributed by atoms with Gasteiger partial charge in [-0.2, -0.15) is 4.31 Å². The summed E-state index contributed by atoms with van der Waals surface area (Å²) in [4.78, 5) is 23.5. The van der Waals surface area contributed by atoms with E-state index >= 15 is 0 Å². The number of carbonyl (C=O) groups is 2. The lowest BCUT2D eigenvalue weighted by Gasteiger charge is -2.31. The van der Waals surface area contributed by atoms with Gasteiger partial charge in [0.15, 0.2) is 0 Å². The van der Waals surface area contributed by atoms with E-state index < -0.39 is 10.0 Å². The molecule has 0 aliphatic carbocycles. The Bertz CT molecular complexity index is 744. The Morgan fingerprint density at radius 3 is 2.46 bits per heavy atom. The number of carbonyl (C=O) groups excluding carboxylic acids is 2. The summed E-state index contributed by atoms with van der Waals surface area (Å²) >= 11 is 0. The van der Waals surface area contributed by atoms with Crippen LogP contribution in [0.5, 0.6) is 0 Å². The Labute approximate surface area is 155 Å². The maximum absolute atomic E-state index is 12.9. The molecule has 1 aromatic rings. The second-order valence-corrected chi connectivity index (χ2v) is 8.98. The van der Waals surface area contributed by atoms with E-state index in [9.17, 15) is 18.0 Å². The van der Waals surface area contributed by atoms with E-state index in [1.165, 1.54) is 23.4 Å². The highest BCUT2D eigenvalue weighted by molar-refractivity contribution is 7.89. The molecule has 0 bridgehead atoms. The summed E-state index contributed by atoms with van der Waals surface area (Å²) in [5.74, 6) is -0.271. The van der Waals surface area contributed by atoms with Crippen molar-refractivity contribution in [2.45, 2.75) is 38.5 Å². The second-order valence-electron chi connectivity index (χ2n) is 7.05. The fourth-order valence-corrected chi connectivity index (χ4v) is 4.41. The molecule has 1 aromatic carbocycles. The molecule has 26 heavy (non-hydrogen) atoms. The van der Waals surface area contributed by atoms with E-state index in [1.54, 1.807) is 12.1 Å². The zero-order valence-corrected chi connectivity index (χ0v) is 16.3. The molecule has 144 valence electrons. The highest BCUT2D eigenvalue weighted by Gasteiger charge is 2.33. The summed E-state index contributed by atoms with van der Waals surface area (Å²) < 4.78 is 27.1. The van der Waals surface area contributed by atoms with Crippen molar-refractivity contribution in [1.29, 1.82) is 0 Å².